The van der Waals surface area contributed by atoms with Crippen LogP contribution in [0.1, 0.15) is 34.1 Å². The van der Waals surface area contributed by atoms with Crippen LogP contribution < -0.4 is 10.9 Å². The Kier molecular flexibility index (Phi) is 6.75. The van der Waals surface area contributed by atoms with Crippen molar-refractivity contribution in [3.63, 3.8) is 0 Å². The molecule has 6 nitrogen and oxygen atoms in total. The van der Waals surface area contributed by atoms with Crippen LogP contribution in [0.5, 0.6) is 0 Å². The van der Waals surface area contributed by atoms with Crippen LogP contribution in [0.25, 0.3) is 0 Å². The number of carbonyl (C=O) groups is 2. The van der Waals surface area contributed by atoms with E-state index in [1.807, 2.05) is 13.8 Å². The first-order valence-corrected chi connectivity index (χ1v) is 5.72. The molecule has 2 atom stereocenters. The fourth-order valence-electron chi connectivity index (χ4n) is 1.40. The van der Waals surface area contributed by atoms with Crippen LogP contribution in [-0.2, 0) is 9.59 Å². The average Bonchev–Trinajstić information content (AvgIpc) is 2.14. The van der Waals surface area contributed by atoms with Crippen LogP contribution in [0.2, 0.25) is 0 Å². The van der Waals surface area contributed by atoms with Crippen molar-refractivity contribution in [1.82, 2.24) is 10.9 Å². The van der Waals surface area contributed by atoms with Gasteiger partial charge in [-0.05, 0) is 18.3 Å². The Morgan fingerprint density at radius 2 is 1.53 bits per heavy atom. The highest BCUT2D eigenvalue weighted by Crippen LogP contribution is 2.05. The van der Waals surface area contributed by atoms with Crippen molar-refractivity contribution in [1.29, 1.82) is 0 Å². The summed E-state index contributed by atoms with van der Waals surface area (Å²) in [5, 5.41) is 17.9. The predicted molar refractivity (Wildman–Crippen MR) is 63.4 cm³/mol. The largest absolute Gasteiger partial charge is 0.480 e. The third kappa shape index (κ3) is 6.23. The van der Waals surface area contributed by atoms with Crippen molar-refractivity contribution in [3.8, 4) is 0 Å². The van der Waals surface area contributed by atoms with Gasteiger partial charge in [-0.15, -0.1) is 0 Å². The molecule has 0 amide bonds. The molecule has 0 radical (unpaired) electrons. The van der Waals surface area contributed by atoms with Gasteiger partial charge in [-0.2, -0.15) is 0 Å². The molecular formula is C11H22N2O4. The molecule has 0 aromatic rings. The van der Waals surface area contributed by atoms with E-state index in [1.54, 1.807) is 13.8 Å². The average molecular weight is 246 g/mol. The van der Waals surface area contributed by atoms with Crippen molar-refractivity contribution in [3.05, 3.63) is 0 Å². The molecular weight excluding hydrogens is 224 g/mol. The fourth-order valence-corrected chi connectivity index (χ4v) is 1.40. The molecule has 0 saturated heterocycles. The zero-order chi connectivity index (χ0) is 13.6. The molecule has 0 aromatic heterocycles. The minimum atomic E-state index is -0.999. The topological polar surface area (TPSA) is 98.7 Å². The zero-order valence-electron chi connectivity index (χ0n) is 10.7. The lowest BCUT2D eigenvalue weighted by Crippen LogP contribution is -2.54. The minimum Gasteiger partial charge on any atom is -0.480 e. The van der Waals surface area contributed by atoms with Crippen molar-refractivity contribution in [2.75, 3.05) is 0 Å². The summed E-state index contributed by atoms with van der Waals surface area (Å²) in [6.45, 7) is 7.33. The summed E-state index contributed by atoms with van der Waals surface area (Å²) in [5.74, 6) is -1.90. The molecule has 0 aliphatic carbocycles. The first-order valence-electron chi connectivity index (χ1n) is 5.72. The van der Waals surface area contributed by atoms with E-state index in [9.17, 15) is 9.59 Å². The molecule has 0 unspecified atom stereocenters. The van der Waals surface area contributed by atoms with Crippen molar-refractivity contribution in [2.24, 2.45) is 11.8 Å². The summed E-state index contributed by atoms with van der Waals surface area (Å²) in [4.78, 5) is 21.8. The predicted octanol–water partition coefficient (Wildman–Crippen LogP) is 0.689. The molecule has 0 aromatic carbocycles. The lowest BCUT2D eigenvalue weighted by atomic mass is 10.0. The first kappa shape index (κ1) is 15.9. The van der Waals surface area contributed by atoms with E-state index in [0.717, 1.165) is 0 Å². The van der Waals surface area contributed by atoms with E-state index in [1.165, 1.54) is 0 Å². The van der Waals surface area contributed by atoms with Gasteiger partial charge in [0.15, 0.2) is 0 Å². The van der Waals surface area contributed by atoms with Gasteiger partial charge in [0.25, 0.3) is 0 Å². The van der Waals surface area contributed by atoms with Gasteiger partial charge in [0, 0.05) is 0 Å². The third-order valence-electron chi connectivity index (χ3n) is 2.35. The monoisotopic (exact) mass is 246 g/mol. The van der Waals surface area contributed by atoms with Crippen LogP contribution in [0.3, 0.4) is 0 Å². The van der Waals surface area contributed by atoms with Gasteiger partial charge >= 0.3 is 11.9 Å². The molecule has 0 spiro atoms. The molecule has 0 fully saturated rings. The smallest absolute Gasteiger partial charge is 0.322 e. The van der Waals surface area contributed by atoms with Crippen molar-refractivity contribution < 1.29 is 19.8 Å². The van der Waals surface area contributed by atoms with E-state index in [-0.39, 0.29) is 11.8 Å². The van der Waals surface area contributed by atoms with E-state index in [2.05, 4.69) is 10.9 Å². The number of rotatable bonds is 8. The van der Waals surface area contributed by atoms with Gasteiger partial charge in [0.1, 0.15) is 12.1 Å². The number of hydrazine groups is 1. The fraction of sp³-hybridized carbons (Fsp3) is 0.818. The number of hydrogen-bond donors (Lipinski definition) is 4. The first-order chi connectivity index (χ1) is 7.75. The Labute approximate surface area is 101 Å². The summed E-state index contributed by atoms with van der Waals surface area (Å²) < 4.78 is 0. The minimum absolute atomic E-state index is 0.131. The van der Waals surface area contributed by atoms with Crippen LogP contribution in [-0.4, -0.2) is 34.2 Å². The van der Waals surface area contributed by atoms with Crippen LogP contribution in [0.4, 0.5) is 0 Å². The normalized spacial score (nSPS) is 14.9. The lowest BCUT2D eigenvalue weighted by Gasteiger charge is -2.22. The van der Waals surface area contributed by atoms with Crippen molar-refractivity contribution >= 4 is 11.9 Å². The number of nitrogens with one attached hydrogen (secondary N) is 2. The molecule has 0 heterocycles. The zero-order valence-corrected chi connectivity index (χ0v) is 10.7. The molecule has 0 rings (SSSR count). The Bertz CT molecular complexity index is 266. The second-order valence-corrected chi connectivity index (χ2v) is 4.87. The Balaban J connectivity index is 4.37. The summed E-state index contributed by atoms with van der Waals surface area (Å²) in [6, 6.07) is -1.58. The third-order valence-corrected chi connectivity index (χ3v) is 2.35. The van der Waals surface area contributed by atoms with E-state index >= 15 is 0 Å². The van der Waals surface area contributed by atoms with Gasteiger partial charge in [-0.1, -0.05) is 27.7 Å². The Morgan fingerprint density at radius 1 is 1.00 bits per heavy atom. The van der Waals surface area contributed by atoms with Gasteiger partial charge in [0.2, 0.25) is 0 Å². The standard InChI is InChI=1S/C11H22N2O4/c1-6(2)5-8(10(14)15)12-13-9(7(3)4)11(16)17/h6-9,12-13H,5H2,1-4H3,(H,14,15)(H,16,17)/t8-,9-/m0/s1. The lowest BCUT2D eigenvalue weighted by molar-refractivity contribution is -0.144. The summed E-state index contributed by atoms with van der Waals surface area (Å²) in [7, 11) is 0. The molecule has 6 heteroatoms. The Hall–Kier alpha value is -1.14. The molecule has 17 heavy (non-hydrogen) atoms. The Morgan fingerprint density at radius 3 is 1.82 bits per heavy atom. The molecule has 0 aliphatic heterocycles. The van der Waals surface area contributed by atoms with Crippen molar-refractivity contribution in [2.45, 2.75) is 46.2 Å². The quantitative estimate of drug-likeness (QED) is 0.470. The maximum absolute atomic E-state index is 10.9. The molecule has 0 aliphatic rings. The number of aliphatic carboxylic acids is 2. The highest BCUT2D eigenvalue weighted by molar-refractivity contribution is 5.75. The molecule has 0 bridgehead atoms. The molecule has 4 N–H and O–H groups in total. The van der Waals surface area contributed by atoms with E-state index in [4.69, 9.17) is 10.2 Å². The van der Waals surface area contributed by atoms with Crippen LogP contribution in [0.15, 0.2) is 0 Å². The number of hydrogen-bond acceptors (Lipinski definition) is 4. The van der Waals surface area contributed by atoms with Crippen LogP contribution >= 0.6 is 0 Å². The van der Waals surface area contributed by atoms with Gasteiger partial charge < -0.3 is 10.2 Å². The highest BCUT2D eigenvalue weighted by atomic mass is 16.4. The van der Waals surface area contributed by atoms with E-state index < -0.39 is 24.0 Å². The highest BCUT2D eigenvalue weighted by Gasteiger charge is 2.24. The SMILES string of the molecule is CC(C)C[C@H](NN[C@H](C(=O)O)C(C)C)C(=O)O. The van der Waals surface area contributed by atoms with Gasteiger partial charge in [-0.25, -0.2) is 10.9 Å². The molecule has 0 saturated carbocycles. The van der Waals surface area contributed by atoms with Gasteiger partial charge in [-0.3, -0.25) is 9.59 Å². The number of carboxylic acid groups (broad SMARTS) is 2. The summed E-state index contributed by atoms with van der Waals surface area (Å²) in [6.07, 6.45) is 0.437. The maximum atomic E-state index is 10.9. The second-order valence-electron chi connectivity index (χ2n) is 4.87. The summed E-state index contributed by atoms with van der Waals surface area (Å²) >= 11 is 0. The van der Waals surface area contributed by atoms with Crippen LogP contribution in [0, 0.1) is 11.8 Å². The maximum Gasteiger partial charge on any atom is 0.322 e. The second kappa shape index (κ2) is 7.24. The summed E-state index contributed by atoms with van der Waals surface area (Å²) in [5.41, 5.74) is 5.16. The molecule has 100 valence electrons. The number of carboxylic acids is 2. The van der Waals surface area contributed by atoms with Gasteiger partial charge in [0.05, 0.1) is 0 Å². The van der Waals surface area contributed by atoms with E-state index in [0.29, 0.717) is 6.42 Å².